The molecule has 0 spiro atoms. The highest BCUT2D eigenvalue weighted by Crippen LogP contribution is 2.12. The summed E-state index contributed by atoms with van der Waals surface area (Å²) in [4.78, 5) is 9.64. The molecule has 8 heteroatoms. The summed E-state index contributed by atoms with van der Waals surface area (Å²) < 4.78 is 11.1. The van der Waals surface area contributed by atoms with Crippen molar-refractivity contribution in [1.82, 2.24) is 20.4 Å². The van der Waals surface area contributed by atoms with Crippen LogP contribution in [-0.2, 0) is 9.47 Å². The number of likely N-dealkylation sites (N-methyl/N-ethyl adjacent to an activating group) is 1. The monoisotopic (exact) mass is 511 g/mol. The zero-order chi connectivity index (χ0) is 19.2. The Morgan fingerprint density at radius 3 is 2.68 bits per heavy atom. The molecule has 2 heterocycles. The van der Waals surface area contributed by atoms with Crippen molar-refractivity contribution in [2.24, 2.45) is 10.9 Å². The first-order chi connectivity index (χ1) is 13.3. The molecule has 2 saturated heterocycles. The van der Waals surface area contributed by atoms with Crippen LogP contribution in [0.25, 0.3) is 0 Å². The van der Waals surface area contributed by atoms with Crippen molar-refractivity contribution >= 4 is 29.9 Å². The average molecular weight is 511 g/mol. The Morgan fingerprint density at radius 1 is 1.14 bits per heavy atom. The van der Waals surface area contributed by atoms with Gasteiger partial charge in [0.15, 0.2) is 5.96 Å². The number of piperazine rings is 1. The van der Waals surface area contributed by atoms with Gasteiger partial charge in [-0.1, -0.05) is 0 Å². The van der Waals surface area contributed by atoms with E-state index in [4.69, 9.17) is 9.47 Å². The van der Waals surface area contributed by atoms with E-state index in [9.17, 15) is 0 Å². The number of unbranched alkanes of at least 4 members (excludes halogenated alkanes) is 1. The quantitative estimate of drug-likeness (QED) is 0.180. The van der Waals surface area contributed by atoms with Gasteiger partial charge < -0.3 is 29.9 Å². The van der Waals surface area contributed by atoms with Crippen LogP contribution in [0.1, 0.15) is 32.6 Å². The highest BCUT2D eigenvalue weighted by Gasteiger charge is 2.15. The van der Waals surface area contributed by atoms with E-state index in [-0.39, 0.29) is 24.0 Å². The summed E-state index contributed by atoms with van der Waals surface area (Å²) in [6.07, 6.45) is 4.53. The van der Waals surface area contributed by atoms with E-state index in [1.165, 1.54) is 45.6 Å². The molecule has 2 N–H and O–H groups in total. The van der Waals surface area contributed by atoms with Crippen molar-refractivity contribution in [2.45, 2.75) is 32.6 Å². The summed E-state index contributed by atoms with van der Waals surface area (Å²) >= 11 is 0. The van der Waals surface area contributed by atoms with Crippen LogP contribution in [0.4, 0.5) is 0 Å². The summed E-state index contributed by atoms with van der Waals surface area (Å²) in [7, 11) is 2.21. The number of hydrogen-bond acceptors (Lipinski definition) is 5. The van der Waals surface area contributed by atoms with E-state index in [0.717, 1.165) is 64.9 Å². The van der Waals surface area contributed by atoms with Gasteiger partial charge >= 0.3 is 0 Å². The lowest BCUT2D eigenvalue weighted by molar-refractivity contribution is 0.0893. The molecule has 166 valence electrons. The van der Waals surface area contributed by atoms with E-state index < -0.39 is 0 Å². The van der Waals surface area contributed by atoms with Crippen LogP contribution in [0.5, 0.6) is 0 Å². The highest BCUT2D eigenvalue weighted by atomic mass is 127. The molecule has 1 unspecified atom stereocenters. The summed E-state index contributed by atoms with van der Waals surface area (Å²) in [6.45, 7) is 14.2. The second-order valence-electron chi connectivity index (χ2n) is 7.70. The van der Waals surface area contributed by atoms with Crippen molar-refractivity contribution in [3.05, 3.63) is 0 Å². The molecular formula is C20H42IN5O2. The SMILES string of the molecule is CCNC(=NCCCOCC1CCOC1)NCCCCN1CCN(C)CC1.I. The topological polar surface area (TPSA) is 61.4 Å². The predicted molar refractivity (Wildman–Crippen MR) is 127 cm³/mol. The van der Waals surface area contributed by atoms with Crippen molar-refractivity contribution < 1.29 is 9.47 Å². The zero-order valence-corrected chi connectivity index (χ0v) is 20.3. The molecular weight excluding hydrogens is 469 g/mol. The first-order valence-corrected chi connectivity index (χ1v) is 10.9. The number of guanidine groups is 1. The third kappa shape index (κ3) is 11.7. The van der Waals surface area contributed by atoms with Crippen molar-refractivity contribution in [2.75, 3.05) is 85.8 Å². The standard InChI is InChI=1S/C20H41N5O2.HI/c1-3-21-20(23-9-6-15-26-17-19-7-16-27-18-19)22-8-4-5-10-25-13-11-24(2)12-14-25;/h19H,3-18H2,1-2H3,(H2,21,22,23);1H. The lowest BCUT2D eigenvalue weighted by atomic mass is 10.1. The molecule has 0 aliphatic carbocycles. The lowest BCUT2D eigenvalue weighted by Gasteiger charge is -2.32. The van der Waals surface area contributed by atoms with Gasteiger partial charge in [0.2, 0.25) is 0 Å². The fraction of sp³-hybridized carbons (Fsp3) is 0.950. The van der Waals surface area contributed by atoms with Gasteiger partial charge in [0, 0.05) is 64.9 Å². The van der Waals surface area contributed by atoms with Gasteiger partial charge in [-0.25, -0.2) is 0 Å². The smallest absolute Gasteiger partial charge is 0.191 e. The molecule has 0 aromatic rings. The van der Waals surface area contributed by atoms with Crippen LogP contribution in [0.15, 0.2) is 4.99 Å². The number of rotatable bonds is 12. The third-order valence-corrected chi connectivity index (χ3v) is 5.23. The molecule has 0 saturated carbocycles. The van der Waals surface area contributed by atoms with E-state index in [1.807, 2.05) is 0 Å². The van der Waals surface area contributed by atoms with E-state index in [2.05, 4.69) is 39.4 Å². The molecule has 2 aliphatic rings. The van der Waals surface area contributed by atoms with Gasteiger partial charge in [0.25, 0.3) is 0 Å². The van der Waals surface area contributed by atoms with Crippen molar-refractivity contribution in [3.63, 3.8) is 0 Å². The molecule has 0 radical (unpaired) electrons. The summed E-state index contributed by atoms with van der Waals surface area (Å²) in [6, 6.07) is 0. The van der Waals surface area contributed by atoms with Crippen LogP contribution >= 0.6 is 24.0 Å². The maximum Gasteiger partial charge on any atom is 0.191 e. The van der Waals surface area contributed by atoms with Gasteiger partial charge in [-0.2, -0.15) is 0 Å². The molecule has 0 amide bonds. The van der Waals surface area contributed by atoms with E-state index in [1.54, 1.807) is 0 Å². The number of nitrogens with zero attached hydrogens (tertiary/aromatic N) is 3. The fourth-order valence-electron chi connectivity index (χ4n) is 3.40. The van der Waals surface area contributed by atoms with Gasteiger partial charge in [-0.3, -0.25) is 4.99 Å². The molecule has 1 atom stereocenters. The minimum absolute atomic E-state index is 0. The molecule has 0 bridgehead atoms. The summed E-state index contributed by atoms with van der Waals surface area (Å²) in [5, 5.41) is 6.78. The van der Waals surface area contributed by atoms with Gasteiger partial charge in [-0.05, 0) is 46.2 Å². The Hall–Kier alpha value is -0.160. The largest absolute Gasteiger partial charge is 0.381 e. The Bertz CT molecular complexity index is 400. The average Bonchev–Trinajstić information content (AvgIpc) is 3.19. The normalized spacial score (nSPS) is 21.5. The molecule has 0 aromatic heterocycles. The zero-order valence-electron chi connectivity index (χ0n) is 18.0. The van der Waals surface area contributed by atoms with Gasteiger partial charge in [0.05, 0.1) is 13.2 Å². The fourth-order valence-corrected chi connectivity index (χ4v) is 3.40. The van der Waals surface area contributed by atoms with Crippen LogP contribution in [0.3, 0.4) is 0 Å². The molecule has 2 rings (SSSR count). The Labute approximate surface area is 189 Å². The van der Waals surface area contributed by atoms with Gasteiger partial charge in [-0.15, -0.1) is 24.0 Å². The molecule has 28 heavy (non-hydrogen) atoms. The predicted octanol–water partition coefficient (Wildman–Crippen LogP) is 1.63. The number of aliphatic imine (C=N–C) groups is 1. The third-order valence-electron chi connectivity index (χ3n) is 5.23. The Morgan fingerprint density at radius 2 is 1.96 bits per heavy atom. The Balaban J connectivity index is 0.00000392. The van der Waals surface area contributed by atoms with E-state index in [0.29, 0.717) is 5.92 Å². The summed E-state index contributed by atoms with van der Waals surface area (Å²) in [5.41, 5.74) is 0. The highest BCUT2D eigenvalue weighted by molar-refractivity contribution is 14.0. The number of nitrogens with one attached hydrogen (secondary N) is 2. The maximum absolute atomic E-state index is 5.74. The number of hydrogen-bond donors (Lipinski definition) is 2. The Kier molecular flexibility index (Phi) is 15.4. The van der Waals surface area contributed by atoms with Crippen LogP contribution < -0.4 is 10.6 Å². The molecule has 2 aliphatic heterocycles. The molecule has 2 fully saturated rings. The second-order valence-corrected chi connectivity index (χ2v) is 7.70. The first-order valence-electron chi connectivity index (χ1n) is 10.9. The second kappa shape index (κ2) is 16.6. The number of ether oxygens (including phenoxy) is 2. The number of halogens is 1. The molecule has 7 nitrogen and oxygen atoms in total. The lowest BCUT2D eigenvalue weighted by Crippen LogP contribution is -2.44. The van der Waals surface area contributed by atoms with Crippen LogP contribution in [0, 0.1) is 5.92 Å². The van der Waals surface area contributed by atoms with Crippen molar-refractivity contribution in [1.29, 1.82) is 0 Å². The van der Waals surface area contributed by atoms with Crippen molar-refractivity contribution in [3.8, 4) is 0 Å². The maximum atomic E-state index is 5.74. The van der Waals surface area contributed by atoms with E-state index >= 15 is 0 Å². The van der Waals surface area contributed by atoms with Crippen LogP contribution in [0.2, 0.25) is 0 Å². The first kappa shape index (κ1) is 25.9. The molecule has 0 aromatic carbocycles. The summed E-state index contributed by atoms with van der Waals surface area (Å²) in [5.74, 6) is 1.53. The van der Waals surface area contributed by atoms with Crippen LogP contribution in [-0.4, -0.2) is 102 Å². The minimum Gasteiger partial charge on any atom is -0.381 e. The van der Waals surface area contributed by atoms with Gasteiger partial charge in [0.1, 0.15) is 0 Å². The minimum atomic E-state index is 0.